The standard InChI is InChI=1S/C22H22N4/c1-3-11-17-15(7-1)9-5-13-19(17)21-23-25-22(26-24-21)20-14-6-10-16-8-2-4-12-18(16)20/h5-6,9-10,13-14H,1-4,7-8,11-12H2. The number of hydrogen-bond donors (Lipinski definition) is 0. The molecule has 4 nitrogen and oxygen atoms in total. The van der Waals surface area contributed by atoms with Gasteiger partial charge in [-0.3, -0.25) is 0 Å². The molecule has 1 aromatic heterocycles. The molecule has 2 aliphatic carbocycles. The largest absolute Gasteiger partial charge is 0.203 e. The number of fused-ring (bicyclic) bond motifs is 2. The van der Waals surface area contributed by atoms with E-state index in [1.807, 2.05) is 0 Å². The zero-order valence-corrected chi connectivity index (χ0v) is 14.9. The quantitative estimate of drug-likeness (QED) is 0.694. The molecule has 5 rings (SSSR count). The molecule has 0 radical (unpaired) electrons. The Bertz CT molecular complexity index is 868. The topological polar surface area (TPSA) is 51.6 Å². The molecule has 3 aromatic rings. The van der Waals surface area contributed by atoms with Crippen molar-refractivity contribution in [3.8, 4) is 22.8 Å². The number of aryl methyl sites for hydroxylation is 2. The van der Waals surface area contributed by atoms with Gasteiger partial charge in [0.15, 0.2) is 0 Å². The summed E-state index contributed by atoms with van der Waals surface area (Å²) in [6, 6.07) is 12.9. The number of nitrogens with zero attached hydrogens (tertiary/aromatic N) is 4. The van der Waals surface area contributed by atoms with Gasteiger partial charge in [-0.05, 0) is 73.6 Å². The minimum absolute atomic E-state index is 0.650. The molecule has 0 bridgehead atoms. The smallest absolute Gasteiger partial charge is 0.126 e. The van der Waals surface area contributed by atoms with Gasteiger partial charge in [0, 0.05) is 11.1 Å². The number of hydrogen-bond acceptors (Lipinski definition) is 4. The highest BCUT2D eigenvalue weighted by Crippen LogP contribution is 2.31. The van der Waals surface area contributed by atoms with Crippen LogP contribution in [0.4, 0.5) is 0 Å². The van der Waals surface area contributed by atoms with Crippen LogP contribution in [0, 0.1) is 0 Å². The second-order valence-electron chi connectivity index (χ2n) is 7.35. The van der Waals surface area contributed by atoms with Crippen LogP contribution in [0.1, 0.15) is 47.9 Å². The van der Waals surface area contributed by atoms with Crippen LogP contribution >= 0.6 is 0 Å². The first-order valence-electron chi connectivity index (χ1n) is 9.70. The summed E-state index contributed by atoms with van der Waals surface area (Å²) in [6.45, 7) is 0. The Hall–Kier alpha value is -2.62. The van der Waals surface area contributed by atoms with E-state index in [2.05, 4.69) is 56.8 Å². The summed E-state index contributed by atoms with van der Waals surface area (Å²) < 4.78 is 0. The molecule has 0 unspecified atom stereocenters. The first-order chi connectivity index (χ1) is 12.9. The first-order valence-corrected chi connectivity index (χ1v) is 9.70. The summed E-state index contributed by atoms with van der Waals surface area (Å²) in [5.41, 5.74) is 7.82. The fraction of sp³-hybridized carbons (Fsp3) is 0.364. The van der Waals surface area contributed by atoms with Crippen molar-refractivity contribution in [1.82, 2.24) is 20.4 Å². The number of benzene rings is 2. The van der Waals surface area contributed by atoms with E-state index < -0.39 is 0 Å². The van der Waals surface area contributed by atoms with Gasteiger partial charge in [-0.15, -0.1) is 20.4 Å². The zero-order valence-electron chi connectivity index (χ0n) is 14.9. The Kier molecular flexibility index (Phi) is 3.96. The predicted octanol–water partition coefficient (Wildman–Crippen LogP) is 4.36. The summed E-state index contributed by atoms with van der Waals surface area (Å²) in [6.07, 6.45) is 9.51. The average Bonchev–Trinajstić information content (AvgIpc) is 2.73. The van der Waals surface area contributed by atoms with Crippen molar-refractivity contribution in [3.05, 3.63) is 58.7 Å². The van der Waals surface area contributed by atoms with E-state index in [1.54, 1.807) is 0 Å². The van der Waals surface area contributed by atoms with Crippen molar-refractivity contribution in [3.63, 3.8) is 0 Å². The lowest BCUT2D eigenvalue weighted by molar-refractivity contribution is 0.684. The van der Waals surface area contributed by atoms with Crippen molar-refractivity contribution in [2.75, 3.05) is 0 Å². The van der Waals surface area contributed by atoms with Crippen molar-refractivity contribution >= 4 is 0 Å². The first kappa shape index (κ1) is 15.6. The Morgan fingerprint density at radius 1 is 0.500 bits per heavy atom. The van der Waals surface area contributed by atoms with Gasteiger partial charge in [0.25, 0.3) is 0 Å². The maximum Gasteiger partial charge on any atom is 0.203 e. The van der Waals surface area contributed by atoms with Crippen LogP contribution in [-0.2, 0) is 25.7 Å². The highest BCUT2D eigenvalue weighted by Gasteiger charge is 2.19. The van der Waals surface area contributed by atoms with Gasteiger partial charge in [-0.25, -0.2) is 0 Å². The molecule has 0 aliphatic heterocycles. The second-order valence-corrected chi connectivity index (χ2v) is 7.35. The van der Waals surface area contributed by atoms with Crippen LogP contribution in [0.3, 0.4) is 0 Å². The summed E-state index contributed by atoms with van der Waals surface area (Å²) >= 11 is 0. The summed E-state index contributed by atoms with van der Waals surface area (Å²) in [4.78, 5) is 0. The molecule has 0 amide bonds. The Morgan fingerprint density at radius 2 is 0.923 bits per heavy atom. The number of rotatable bonds is 2. The predicted molar refractivity (Wildman–Crippen MR) is 102 cm³/mol. The van der Waals surface area contributed by atoms with Crippen LogP contribution in [-0.4, -0.2) is 20.4 Å². The second kappa shape index (κ2) is 6.60. The molecule has 4 heteroatoms. The van der Waals surface area contributed by atoms with Gasteiger partial charge < -0.3 is 0 Å². The lowest BCUT2D eigenvalue weighted by Crippen LogP contribution is -2.08. The van der Waals surface area contributed by atoms with Crippen LogP contribution in [0.15, 0.2) is 36.4 Å². The molecule has 0 spiro atoms. The minimum Gasteiger partial charge on any atom is -0.126 e. The molecule has 0 fully saturated rings. The third-order valence-corrected chi connectivity index (χ3v) is 5.75. The summed E-state index contributed by atoms with van der Waals surface area (Å²) in [5, 5.41) is 17.8. The third kappa shape index (κ3) is 2.70. The Labute approximate surface area is 153 Å². The monoisotopic (exact) mass is 342 g/mol. The van der Waals surface area contributed by atoms with Crippen LogP contribution in [0.25, 0.3) is 22.8 Å². The molecular formula is C22H22N4. The molecule has 0 saturated carbocycles. The Balaban J connectivity index is 1.53. The molecule has 1 heterocycles. The fourth-order valence-corrected chi connectivity index (χ4v) is 4.43. The van der Waals surface area contributed by atoms with Gasteiger partial charge in [0.05, 0.1) is 0 Å². The zero-order chi connectivity index (χ0) is 17.3. The van der Waals surface area contributed by atoms with E-state index >= 15 is 0 Å². The lowest BCUT2D eigenvalue weighted by Gasteiger charge is -2.19. The van der Waals surface area contributed by atoms with E-state index in [0.717, 1.165) is 36.8 Å². The number of aromatic nitrogens is 4. The molecule has 2 aromatic carbocycles. The molecule has 130 valence electrons. The van der Waals surface area contributed by atoms with Crippen molar-refractivity contribution in [2.24, 2.45) is 0 Å². The normalized spacial score (nSPS) is 16.0. The average molecular weight is 342 g/mol. The van der Waals surface area contributed by atoms with E-state index in [1.165, 1.54) is 47.9 Å². The van der Waals surface area contributed by atoms with Gasteiger partial charge in [-0.2, -0.15) is 0 Å². The van der Waals surface area contributed by atoms with E-state index in [0.29, 0.717) is 11.6 Å². The van der Waals surface area contributed by atoms with E-state index in [4.69, 9.17) is 0 Å². The molecule has 0 saturated heterocycles. The maximum atomic E-state index is 4.46. The molecule has 26 heavy (non-hydrogen) atoms. The van der Waals surface area contributed by atoms with Crippen LogP contribution in [0.5, 0.6) is 0 Å². The van der Waals surface area contributed by atoms with E-state index in [-0.39, 0.29) is 0 Å². The lowest BCUT2D eigenvalue weighted by atomic mass is 9.88. The van der Waals surface area contributed by atoms with Crippen molar-refractivity contribution in [1.29, 1.82) is 0 Å². The summed E-state index contributed by atoms with van der Waals surface area (Å²) in [7, 11) is 0. The Morgan fingerprint density at radius 3 is 1.38 bits per heavy atom. The van der Waals surface area contributed by atoms with Crippen molar-refractivity contribution < 1.29 is 0 Å². The van der Waals surface area contributed by atoms with Crippen LogP contribution < -0.4 is 0 Å². The van der Waals surface area contributed by atoms with Gasteiger partial charge >= 0.3 is 0 Å². The van der Waals surface area contributed by atoms with Gasteiger partial charge in [0.2, 0.25) is 11.6 Å². The SMILES string of the molecule is c1cc2c(c(-c3nnc(-c4cccc5c4CCCC5)nn3)c1)CCCC2. The summed E-state index contributed by atoms with van der Waals surface area (Å²) in [5.74, 6) is 1.30. The van der Waals surface area contributed by atoms with Gasteiger partial charge in [0.1, 0.15) is 0 Å². The molecular weight excluding hydrogens is 320 g/mol. The van der Waals surface area contributed by atoms with E-state index in [9.17, 15) is 0 Å². The third-order valence-electron chi connectivity index (χ3n) is 5.75. The highest BCUT2D eigenvalue weighted by molar-refractivity contribution is 5.65. The highest BCUT2D eigenvalue weighted by atomic mass is 15.3. The fourth-order valence-electron chi connectivity index (χ4n) is 4.43. The van der Waals surface area contributed by atoms with Crippen molar-refractivity contribution in [2.45, 2.75) is 51.4 Å². The van der Waals surface area contributed by atoms with Gasteiger partial charge in [-0.1, -0.05) is 36.4 Å². The molecule has 0 N–H and O–H groups in total. The molecule has 0 atom stereocenters. The maximum absolute atomic E-state index is 4.46. The minimum atomic E-state index is 0.650. The van der Waals surface area contributed by atoms with Crippen LogP contribution in [0.2, 0.25) is 0 Å². The molecule has 2 aliphatic rings.